The molecule has 0 aliphatic rings. The largest absolute Gasteiger partial charge is 0.444 e. The van der Waals surface area contributed by atoms with Crippen molar-refractivity contribution in [1.82, 2.24) is 19.5 Å². The van der Waals surface area contributed by atoms with Gasteiger partial charge in [0.2, 0.25) is 5.91 Å². The van der Waals surface area contributed by atoms with Gasteiger partial charge in [0.05, 0.1) is 6.54 Å². The van der Waals surface area contributed by atoms with E-state index in [1.807, 2.05) is 6.92 Å². The standard InChI is InChI=1S/C27H32ClFN6O5/c1-15-9-22(33-25(38)40-27(4,5)6)32-17(3)20(15)13-30-23(36)14-34-16(2)10-24(37)35(26(34)39)31-12-18-11-19(29)7-8-21(18)28/h7-11,31H,12-14H2,1-6H3,(H,30,36)(H,32,33,38). The first-order chi connectivity index (χ1) is 18.6. The molecule has 0 aliphatic heterocycles. The van der Waals surface area contributed by atoms with Crippen molar-refractivity contribution in [2.75, 3.05) is 10.7 Å². The fourth-order valence-corrected chi connectivity index (χ4v) is 4.04. The summed E-state index contributed by atoms with van der Waals surface area (Å²) in [5.74, 6) is -0.671. The van der Waals surface area contributed by atoms with Crippen molar-refractivity contribution in [3.8, 4) is 0 Å². The number of amides is 2. The van der Waals surface area contributed by atoms with Crippen LogP contribution in [-0.4, -0.2) is 31.8 Å². The maximum Gasteiger partial charge on any atom is 0.413 e. The fraction of sp³-hybridized carbons (Fsp3) is 0.370. The van der Waals surface area contributed by atoms with Crippen molar-refractivity contribution in [2.45, 2.75) is 66.8 Å². The van der Waals surface area contributed by atoms with Crippen LogP contribution in [0.3, 0.4) is 0 Å². The van der Waals surface area contributed by atoms with E-state index >= 15 is 0 Å². The molecule has 0 fully saturated rings. The van der Waals surface area contributed by atoms with Crippen LogP contribution in [0.25, 0.3) is 0 Å². The summed E-state index contributed by atoms with van der Waals surface area (Å²) in [4.78, 5) is 54.7. The first-order valence-electron chi connectivity index (χ1n) is 12.4. The number of aromatic nitrogens is 3. The van der Waals surface area contributed by atoms with Gasteiger partial charge >= 0.3 is 11.8 Å². The van der Waals surface area contributed by atoms with Crippen LogP contribution < -0.4 is 27.3 Å². The number of halogens is 2. The number of aryl methyl sites for hydroxylation is 3. The zero-order chi connectivity index (χ0) is 29.8. The number of carbonyl (C=O) groups excluding carboxylic acids is 2. The molecule has 214 valence electrons. The number of nitrogens with one attached hydrogen (secondary N) is 3. The highest BCUT2D eigenvalue weighted by Gasteiger charge is 2.18. The number of anilines is 1. The van der Waals surface area contributed by atoms with Crippen LogP contribution in [-0.2, 0) is 29.2 Å². The Hall–Kier alpha value is -4.19. The van der Waals surface area contributed by atoms with Gasteiger partial charge in [0.1, 0.15) is 23.8 Å². The molecular formula is C27H32ClFN6O5. The van der Waals surface area contributed by atoms with E-state index in [1.165, 1.54) is 24.3 Å². The maximum absolute atomic E-state index is 13.6. The zero-order valence-electron chi connectivity index (χ0n) is 23.1. The molecule has 3 N–H and O–H groups in total. The fourth-order valence-electron chi connectivity index (χ4n) is 3.85. The second kappa shape index (κ2) is 12.3. The third-order valence-corrected chi connectivity index (χ3v) is 6.15. The molecule has 11 nitrogen and oxygen atoms in total. The van der Waals surface area contributed by atoms with Gasteiger partial charge in [-0.25, -0.2) is 19.0 Å². The number of hydrogen-bond donors (Lipinski definition) is 3. The van der Waals surface area contributed by atoms with E-state index in [1.54, 1.807) is 40.7 Å². The Balaban J connectivity index is 1.70. The van der Waals surface area contributed by atoms with Gasteiger partial charge in [-0.3, -0.25) is 19.5 Å². The minimum absolute atomic E-state index is 0.0919. The summed E-state index contributed by atoms with van der Waals surface area (Å²) in [6, 6.07) is 6.64. The van der Waals surface area contributed by atoms with E-state index in [2.05, 4.69) is 21.0 Å². The Bertz CT molecular complexity index is 1540. The topological polar surface area (TPSA) is 136 Å². The molecule has 0 aliphatic carbocycles. The molecule has 3 aromatic rings. The van der Waals surface area contributed by atoms with Crippen LogP contribution in [0.15, 0.2) is 39.9 Å². The molecule has 0 radical (unpaired) electrons. The molecular weight excluding hydrogens is 543 g/mol. The van der Waals surface area contributed by atoms with Crippen molar-refractivity contribution in [3.05, 3.63) is 90.1 Å². The third kappa shape index (κ3) is 7.92. The highest BCUT2D eigenvalue weighted by atomic mass is 35.5. The average molecular weight is 575 g/mol. The third-order valence-electron chi connectivity index (χ3n) is 5.78. The number of rotatable bonds is 8. The first-order valence-corrected chi connectivity index (χ1v) is 12.8. The molecule has 0 saturated carbocycles. The van der Waals surface area contributed by atoms with Crippen molar-refractivity contribution >= 4 is 29.4 Å². The first kappa shape index (κ1) is 30.4. The van der Waals surface area contributed by atoms with E-state index in [0.29, 0.717) is 22.8 Å². The van der Waals surface area contributed by atoms with Crippen molar-refractivity contribution in [3.63, 3.8) is 0 Å². The molecule has 2 amide bonds. The zero-order valence-corrected chi connectivity index (χ0v) is 23.9. The number of hydrogen-bond acceptors (Lipinski definition) is 7. The van der Waals surface area contributed by atoms with Gasteiger partial charge in [0, 0.05) is 29.0 Å². The van der Waals surface area contributed by atoms with E-state index < -0.39 is 34.7 Å². The van der Waals surface area contributed by atoms with Gasteiger partial charge in [-0.1, -0.05) is 11.6 Å². The maximum atomic E-state index is 13.6. The lowest BCUT2D eigenvalue weighted by Crippen LogP contribution is -2.46. The summed E-state index contributed by atoms with van der Waals surface area (Å²) < 4.78 is 20.7. The molecule has 0 unspecified atom stereocenters. The molecule has 0 atom stereocenters. The van der Waals surface area contributed by atoms with Crippen molar-refractivity contribution < 1.29 is 18.7 Å². The van der Waals surface area contributed by atoms with E-state index in [0.717, 1.165) is 20.4 Å². The summed E-state index contributed by atoms with van der Waals surface area (Å²) in [6.07, 6.45) is -0.629. The molecule has 13 heteroatoms. The van der Waals surface area contributed by atoms with Crippen LogP contribution >= 0.6 is 11.6 Å². The Morgan fingerprint density at radius 3 is 2.42 bits per heavy atom. The van der Waals surface area contributed by atoms with Crippen LogP contribution in [0.2, 0.25) is 5.02 Å². The van der Waals surface area contributed by atoms with Gasteiger partial charge in [-0.15, -0.1) is 0 Å². The Kier molecular flexibility index (Phi) is 9.36. The summed E-state index contributed by atoms with van der Waals surface area (Å²) in [5.41, 5.74) is 3.35. The predicted molar refractivity (Wildman–Crippen MR) is 150 cm³/mol. The van der Waals surface area contributed by atoms with Crippen LogP contribution in [0.4, 0.5) is 15.0 Å². The van der Waals surface area contributed by atoms with Gasteiger partial charge < -0.3 is 15.5 Å². The summed E-state index contributed by atoms with van der Waals surface area (Å²) >= 11 is 6.07. The molecule has 0 bridgehead atoms. The van der Waals surface area contributed by atoms with Crippen molar-refractivity contribution in [1.29, 1.82) is 0 Å². The van der Waals surface area contributed by atoms with Crippen LogP contribution in [0.5, 0.6) is 0 Å². The molecule has 0 spiro atoms. The van der Waals surface area contributed by atoms with Gasteiger partial charge in [-0.2, -0.15) is 4.68 Å². The number of benzene rings is 1. The second-order valence-corrected chi connectivity index (χ2v) is 10.6. The summed E-state index contributed by atoms with van der Waals surface area (Å²) in [6.45, 7) is 10.1. The minimum atomic E-state index is -0.765. The molecule has 1 aromatic carbocycles. The lowest BCUT2D eigenvalue weighted by molar-refractivity contribution is -0.121. The Morgan fingerprint density at radius 2 is 1.77 bits per heavy atom. The minimum Gasteiger partial charge on any atom is -0.444 e. The molecule has 0 saturated heterocycles. The van der Waals surface area contributed by atoms with Crippen LogP contribution in [0, 0.1) is 26.6 Å². The summed E-state index contributed by atoms with van der Waals surface area (Å²) in [7, 11) is 0. The highest BCUT2D eigenvalue weighted by Crippen LogP contribution is 2.18. The van der Waals surface area contributed by atoms with E-state index in [9.17, 15) is 23.6 Å². The lowest BCUT2D eigenvalue weighted by Gasteiger charge is -2.20. The molecule has 3 rings (SSSR count). The predicted octanol–water partition coefficient (Wildman–Crippen LogP) is 3.53. The molecule has 2 heterocycles. The molecule has 2 aromatic heterocycles. The Labute approximate surface area is 235 Å². The second-order valence-electron chi connectivity index (χ2n) is 10.2. The van der Waals surface area contributed by atoms with E-state index in [4.69, 9.17) is 16.3 Å². The van der Waals surface area contributed by atoms with Crippen molar-refractivity contribution in [2.24, 2.45) is 0 Å². The number of ether oxygens (including phenoxy) is 1. The number of carbonyl (C=O) groups is 2. The SMILES string of the molecule is Cc1cc(NC(=O)OC(C)(C)C)nc(C)c1CNC(=O)Cn1c(C)cc(=O)n(NCc2cc(F)ccc2Cl)c1=O. The smallest absolute Gasteiger partial charge is 0.413 e. The van der Waals surface area contributed by atoms with Gasteiger partial charge in [-0.05, 0) is 82.5 Å². The molecule has 40 heavy (non-hydrogen) atoms. The lowest BCUT2D eigenvalue weighted by atomic mass is 10.1. The highest BCUT2D eigenvalue weighted by molar-refractivity contribution is 6.31. The van der Waals surface area contributed by atoms with Gasteiger partial charge in [0.25, 0.3) is 5.56 Å². The summed E-state index contributed by atoms with van der Waals surface area (Å²) in [5, 5.41) is 5.63. The average Bonchev–Trinajstić information content (AvgIpc) is 2.81. The normalized spacial score (nSPS) is 11.2. The monoisotopic (exact) mass is 574 g/mol. The number of pyridine rings is 1. The Morgan fingerprint density at radius 1 is 1.07 bits per heavy atom. The van der Waals surface area contributed by atoms with E-state index in [-0.39, 0.29) is 24.7 Å². The quantitative estimate of drug-likeness (QED) is 0.374. The van der Waals surface area contributed by atoms with Gasteiger partial charge in [0.15, 0.2) is 0 Å². The van der Waals surface area contributed by atoms with Crippen LogP contribution in [0.1, 0.15) is 48.8 Å². The number of nitrogens with zero attached hydrogens (tertiary/aromatic N) is 3.